The fourth-order valence-corrected chi connectivity index (χ4v) is 3.31. The first-order chi connectivity index (χ1) is 14.0. The van der Waals surface area contributed by atoms with Crippen molar-refractivity contribution in [3.8, 4) is 5.69 Å². The van der Waals surface area contributed by atoms with Crippen molar-refractivity contribution in [1.29, 1.82) is 0 Å². The van der Waals surface area contributed by atoms with Crippen LogP contribution in [0, 0.1) is 12.7 Å². The Morgan fingerprint density at radius 3 is 2.62 bits per heavy atom. The number of imidazole rings is 1. The average molecular weight is 389 g/mol. The van der Waals surface area contributed by atoms with Crippen LogP contribution >= 0.6 is 0 Å². The second-order valence-electron chi connectivity index (χ2n) is 6.75. The maximum absolute atomic E-state index is 13.8. The quantitative estimate of drug-likeness (QED) is 0.568. The molecule has 0 aliphatic carbocycles. The summed E-state index contributed by atoms with van der Waals surface area (Å²) < 4.78 is 17.3. The van der Waals surface area contributed by atoms with Crippen LogP contribution < -0.4 is 5.32 Å². The number of rotatable bonds is 5. The van der Waals surface area contributed by atoms with Gasteiger partial charge in [0, 0.05) is 19.4 Å². The van der Waals surface area contributed by atoms with E-state index in [1.54, 1.807) is 40.0 Å². The first kappa shape index (κ1) is 18.6. The molecule has 0 aliphatic heterocycles. The highest BCUT2D eigenvalue weighted by atomic mass is 19.1. The van der Waals surface area contributed by atoms with E-state index in [0.29, 0.717) is 22.6 Å². The number of carbonyl (C=O) groups excluding carboxylic acids is 1. The normalized spacial score (nSPS) is 12.0. The number of para-hydroxylation sites is 1. The van der Waals surface area contributed by atoms with Gasteiger partial charge < -0.3 is 9.88 Å². The minimum atomic E-state index is -0.599. The van der Waals surface area contributed by atoms with Crippen LogP contribution in [-0.4, -0.2) is 25.2 Å². The zero-order valence-corrected chi connectivity index (χ0v) is 16.1. The van der Waals surface area contributed by atoms with E-state index in [1.807, 2.05) is 44.3 Å². The molecular formula is C22H20FN5O. The van der Waals surface area contributed by atoms with Crippen LogP contribution in [0.4, 0.5) is 4.39 Å². The molecule has 0 saturated heterocycles. The molecular weight excluding hydrogens is 369 g/mol. The molecule has 146 valence electrons. The summed E-state index contributed by atoms with van der Waals surface area (Å²) in [4.78, 5) is 17.4. The summed E-state index contributed by atoms with van der Waals surface area (Å²) in [5.74, 6) is -0.0666. The number of nitrogens with one attached hydrogen (secondary N) is 1. The lowest BCUT2D eigenvalue weighted by atomic mass is 10.1. The van der Waals surface area contributed by atoms with Gasteiger partial charge in [-0.05, 0) is 36.8 Å². The van der Waals surface area contributed by atoms with Crippen LogP contribution in [0.1, 0.15) is 33.5 Å². The van der Waals surface area contributed by atoms with Gasteiger partial charge in [-0.1, -0.05) is 30.3 Å². The van der Waals surface area contributed by atoms with Crippen molar-refractivity contribution in [3.63, 3.8) is 0 Å². The molecule has 0 fully saturated rings. The van der Waals surface area contributed by atoms with Gasteiger partial charge in [-0.15, -0.1) is 0 Å². The SMILES string of the molecule is Cc1c(C(=O)NC(c2cccc(F)c2)c2nccn2C)cnn1-c1ccccc1. The zero-order valence-electron chi connectivity index (χ0n) is 16.1. The Labute approximate surface area is 167 Å². The molecule has 0 radical (unpaired) electrons. The predicted octanol–water partition coefficient (Wildman–Crippen LogP) is 3.57. The highest BCUT2D eigenvalue weighted by molar-refractivity contribution is 5.95. The minimum Gasteiger partial charge on any atom is -0.338 e. The Kier molecular flexibility index (Phi) is 4.95. The topological polar surface area (TPSA) is 64.7 Å². The van der Waals surface area contributed by atoms with Crippen molar-refractivity contribution in [3.05, 3.63) is 102 Å². The van der Waals surface area contributed by atoms with E-state index in [-0.39, 0.29) is 11.7 Å². The molecule has 0 saturated carbocycles. The lowest BCUT2D eigenvalue weighted by Gasteiger charge is -2.19. The van der Waals surface area contributed by atoms with Crippen molar-refractivity contribution < 1.29 is 9.18 Å². The molecule has 0 bridgehead atoms. The number of aryl methyl sites for hydroxylation is 1. The summed E-state index contributed by atoms with van der Waals surface area (Å²) in [6.07, 6.45) is 4.97. The molecule has 0 spiro atoms. The van der Waals surface area contributed by atoms with Crippen LogP contribution in [0.3, 0.4) is 0 Å². The van der Waals surface area contributed by atoms with Crippen molar-refractivity contribution in [2.75, 3.05) is 0 Å². The zero-order chi connectivity index (χ0) is 20.4. The molecule has 1 N–H and O–H groups in total. The maximum Gasteiger partial charge on any atom is 0.255 e. The van der Waals surface area contributed by atoms with Crippen molar-refractivity contribution in [2.24, 2.45) is 7.05 Å². The Morgan fingerprint density at radius 2 is 1.93 bits per heavy atom. The summed E-state index contributed by atoms with van der Waals surface area (Å²) in [5, 5.41) is 7.34. The molecule has 1 unspecified atom stereocenters. The third-order valence-electron chi connectivity index (χ3n) is 4.83. The average Bonchev–Trinajstić information content (AvgIpc) is 3.32. The van der Waals surface area contributed by atoms with E-state index in [0.717, 1.165) is 5.69 Å². The number of aromatic nitrogens is 4. The second kappa shape index (κ2) is 7.71. The van der Waals surface area contributed by atoms with Gasteiger partial charge in [0.25, 0.3) is 5.91 Å². The second-order valence-corrected chi connectivity index (χ2v) is 6.75. The third kappa shape index (κ3) is 3.67. The van der Waals surface area contributed by atoms with Gasteiger partial charge in [-0.2, -0.15) is 5.10 Å². The van der Waals surface area contributed by atoms with Gasteiger partial charge in [0.05, 0.1) is 23.1 Å². The van der Waals surface area contributed by atoms with Gasteiger partial charge in [-0.3, -0.25) is 4.79 Å². The number of benzene rings is 2. The molecule has 29 heavy (non-hydrogen) atoms. The van der Waals surface area contributed by atoms with Gasteiger partial charge >= 0.3 is 0 Å². The smallest absolute Gasteiger partial charge is 0.255 e. The summed E-state index contributed by atoms with van der Waals surface area (Å²) in [6, 6.07) is 15.2. The van der Waals surface area contributed by atoms with E-state index in [1.165, 1.54) is 12.1 Å². The van der Waals surface area contributed by atoms with E-state index in [2.05, 4.69) is 15.4 Å². The Hall–Kier alpha value is -3.74. The maximum atomic E-state index is 13.8. The molecule has 4 aromatic rings. The van der Waals surface area contributed by atoms with Crippen molar-refractivity contribution in [2.45, 2.75) is 13.0 Å². The van der Waals surface area contributed by atoms with E-state index >= 15 is 0 Å². The number of hydrogen-bond acceptors (Lipinski definition) is 3. The first-order valence-electron chi connectivity index (χ1n) is 9.18. The molecule has 2 aromatic carbocycles. The first-order valence-corrected chi connectivity index (χ1v) is 9.18. The molecule has 4 rings (SSSR count). The Balaban J connectivity index is 1.68. The predicted molar refractivity (Wildman–Crippen MR) is 107 cm³/mol. The lowest BCUT2D eigenvalue weighted by molar-refractivity contribution is 0.0940. The van der Waals surface area contributed by atoms with Crippen LogP contribution in [0.5, 0.6) is 0 Å². The van der Waals surface area contributed by atoms with Gasteiger partial charge in [0.15, 0.2) is 0 Å². The number of nitrogens with zero attached hydrogens (tertiary/aromatic N) is 4. The standard InChI is InChI=1S/C22H20FN5O/c1-15-19(14-25-28(15)18-9-4-3-5-10-18)22(29)26-20(21-24-11-12-27(21)2)16-7-6-8-17(23)13-16/h3-14,20H,1-2H3,(H,26,29). The van der Waals surface area contributed by atoms with Crippen molar-refractivity contribution in [1.82, 2.24) is 24.6 Å². The molecule has 6 nitrogen and oxygen atoms in total. The number of carbonyl (C=O) groups is 1. The number of hydrogen-bond donors (Lipinski definition) is 1. The van der Waals surface area contributed by atoms with Gasteiger partial charge in [0.1, 0.15) is 17.7 Å². The highest BCUT2D eigenvalue weighted by Crippen LogP contribution is 2.23. The summed E-state index contributed by atoms with van der Waals surface area (Å²) in [6.45, 7) is 1.84. The van der Waals surface area contributed by atoms with Gasteiger partial charge in [-0.25, -0.2) is 14.1 Å². The summed E-state index contributed by atoms with van der Waals surface area (Å²) >= 11 is 0. The van der Waals surface area contributed by atoms with Crippen molar-refractivity contribution >= 4 is 5.91 Å². The Morgan fingerprint density at radius 1 is 1.14 bits per heavy atom. The number of amides is 1. The van der Waals surface area contributed by atoms with Gasteiger partial charge in [0.2, 0.25) is 0 Å². The van der Waals surface area contributed by atoms with Crippen LogP contribution in [0.15, 0.2) is 73.2 Å². The van der Waals surface area contributed by atoms with E-state index in [4.69, 9.17) is 0 Å². The molecule has 2 aromatic heterocycles. The molecule has 1 amide bonds. The van der Waals surface area contributed by atoms with E-state index < -0.39 is 6.04 Å². The molecule has 7 heteroatoms. The molecule has 1 atom stereocenters. The number of halogens is 1. The van der Waals surface area contributed by atoms with E-state index in [9.17, 15) is 9.18 Å². The lowest BCUT2D eigenvalue weighted by Crippen LogP contribution is -2.31. The molecule has 0 aliphatic rings. The fourth-order valence-electron chi connectivity index (χ4n) is 3.31. The summed E-state index contributed by atoms with van der Waals surface area (Å²) in [5.41, 5.74) is 2.64. The highest BCUT2D eigenvalue weighted by Gasteiger charge is 2.24. The minimum absolute atomic E-state index is 0.304. The fraction of sp³-hybridized carbons (Fsp3) is 0.136. The molecule has 2 heterocycles. The van der Waals surface area contributed by atoms with Crippen LogP contribution in [-0.2, 0) is 7.05 Å². The largest absolute Gasteiger partial charge is 0.338 e. The summed E-state index contributed by atoms with van der Waals surface area (Å²) in [7, 11) is 1.83. The third-order valence-corrected chi connectivity index (χ3v) is 4.83. The van der Waals surface area contributed by atoms with Crippen LogP contribution in [0.25, 0.3) is 5.69 Å². The monoisotopic (exact) mass is 389 g/mol. The Bertz CT molecular complexity index is 1150. The van der Waals surface area contributed by atoms with Crippen LogP contribution in [0.2, 0.25) is 0 Å².